The second-order valence-electron chi connectivity index (χ2n) is 3.68. The lowest BCUT2D eigenvalue weighted by molar-refractivity contribution is 0.137. The molecule has 1 nitrogen and oxygen atoms in total. The van der Waals surface area contributed by atoms with E-state index in [1.165, 1.54) is 0 Å². The molecular weight excluding hydrogens is 172 g/mol. The van der Waals surface area contributed by atoms with Crippen molar-refractivity contribution >= 4 is 0 Å². The average molecular weight is 190 g/mol. The molecule has 1 rings (SSSR count). The van der Waals surface area contributed by atoms with Crippen LogP contribution in [0.3, 0.4) is 0 Å². The minimum atomic E-state index is 0.285. The lowest BCUT2D eigenvalue weighted by Gasteiger charge is -2.12. The summed E-state index contributed by atoms with van der Waals surface area (Å²) in [4.78, 5) is 0. The first-order chi connectivity index (χ1) is 6.76. The summed E-state index contributed by atoms with van der Waals surface area (Å²) in [6.07, 6.45) is 14.8. The highest BCUT2D eigenvalue weighted by Gasteiger charge is 2.07. The summed E-state index contributed by atoms with van der Waals surface area (Å²) in [6.45, 7) is 4.20. The summed E-state index contributed by atoms with van der Waals surface area (Å²) in [5.74, 6) is 4.09. The van der Waals surface area contributed by atoms with Crippen molar-refractivity contribution < 1.29 is 4.74 Å². The van der Waals surface area contributed by atoms with Gasteiger partial charge in [0.25, 0.3) is 0 Å². The molecule has 1 aliphatic carbocycles. The summed E-state index contributed by atoms with van der Waals surface area (Å²) in [6, 6.07) is 0. The van der Waals surface area contributed by atoms with Gasteiger partial charge in [0.1, 0.15) is 5.76 Å². The lowest BCUT2D eigenvalue weighted by atomic mass is 10.0. The van der Waals surface area contributed by atoms with Crippen molar-refractivity contribution in [1.29, 1.82) is 0 Å². The van der Waals surface area contributed by atoms with Crippen molar-refractivity contribution in [3.63, 3.8) is 0 Å². The zero-order chi connectivity index (χ0) is 10.4. The van der Waals surface area contributed by atoms with E-state index in [1.54, 1.807) is 0 Å². The van der Waals surface area contributed by atoms with E-state index >= 15 is 0 Å². The lowest BCUT2D eigenvalue weighted by Crippen LogP contribution is -2.04. The normalized spacial score (nSPS) is 23.2. The molecule has 0 radical (unpaired) electrons. The molecule has 0 fully saturated rings. The van der Waals surface area contributed by atoms with Crippen molar-refractivity contribution in [3.8, 4) is 12.3 Å². The minimum Gasteiger partial charge on any atom is -0.491 e. The Morgan fingerprint density at radius 3 is 3.07 bits per heavy atom. The number of hydrogen-bond donors (Lipinski definition) is 0. The van der Waals surface area contributed by atoms with E-state index < -0.39 is 0 Å². The van der Waals surface area contributed by atoms with Crippen LogP contribution in [0.2, 0.25) is 0 Å². The highest BCUT2D eigenvalue weighted by Crippen LogP contribution is 2.18. The van der Waals surface area contributed by atoms with Crippen LogP contribution >= 0.6 is 0 Å². The third-order valence-electron chi connectivity index (χ3n) is 2.45. The average Bonchev–Trinajstić information content (AvgIpc) is 2.43. The summed E-state index contributed by atoms with van der Waals surface area (Å²) in [5.41, 5.74) is 0. The molecule has 0 amide bonds. The number of rotatable bonds is 3. The van der Waals surface area contributed by atoms with E-state index in [4.69, 9.17) is 11.2 Å². The molecule has 0 bridgehead atoms. The van der Waals surface area contributed by atoms with E-state index in [9.17, 15) is 0 Å². The fourth-order valence-electron chi connectivity index (χ4n) is 1.31. The van der Waals surface area contributed by atoms with Crippen molar-refractivity contribution in [3.05, 3.63) is 24.0 Å². The van der Waals surface area contributed by atoms with Gasteiger partial charge in [0.15, 0.2) is 0 Å². The Bertz CT molecular complexity index is 267. The molecule has 0 aromatic heterocycles. The molecular formula is C13H18O. The molecule has 14 heavy (non-hydrogen) atoms. The Kier molecular flexibility index (Phi) is 4.32. The minimum absolute atomic E-state index is 0.285. The van der Waals surface area contributed by atoms with Crippen LogP contribution in [-0.4, -0.2) is 6.10 Å². The molecule has 0 aliphatic heterocycles. The van der Waals surface area contributed by atoms with E-state index in [0.717, 1.165) is 25.0 Å². The Balaban J connectivity index is 2.54. The van der Waals surface area contributed by atoms with Crippen molar-refractivity contribution in [2.45, 2.75) is 39.2 Å². The van der Waals surface area contributed by atoms with Crippen molar-refractivity contribution in [1.82, 2.24) is 0 Å². The van der Waals surface area contributed by atoms with Gasteiger partial charge in [-0.2, -0.15) is 0 Å². The van der Waals surface area contributed by atoms with Crippen LogP contribution in [0, 0.1) is 18.3 Å². The van der Waals surface area contributed by atoms with E-state index in [2.05, 4.69) is 31.9 Å². The Morgan fingerprint density at radius 2 is 2.43 bits per heavy atom. The predicted molar refractivity (Wildman–Crippen MR) is 59.6 cm³/mol. The largest absolute Gasteiger partial charge is 0.491 e. The molecule has 0 heterocycles. The van der Waals surface area contributed by atoms with Crippen LogP contribution in [0.4, 0.5) is 0 Å². The second-order valence-corrected chi connectivity index (χ2v) is 3.68. The number of allylic oxidation sites excluding steroid dienone is 3. The van der Waals surface area contributed by atoms with E-state index in [0.29, 0.717) is 5.92 Å². The quantitative estimate of drug-likeness (QED) is 0.620. The van der Waals surface area contributed by atoms with Crippen LogP contribution in [0.1, 0.15) is 33.1 Å². The van der Waals surface area contributed by atoms with Gasteiger partial charge in [0.05, 0.1) is 6.10 Å². The molecule has 76 valence electrons. The SMILES string of the molecule is C#C[C@H]1CC=CC(OC(C)CC)=CC1. The third kappa shape index (κ3) is 3.30. The van der Waals surface area contributed by atoms with Gasteiger partial charge in [-0.05, 0) is 38.3 Å². The first kappa shape index (κ1) is 10.9. The molecule has 2 atom stereocenters. The van der Waals surface area contributed by atoms with Gasteiger partial charge < -0.3 is 4.74 Å². The molecule has 1 aliphatic rings. The summed E-state index contributed by atoms with van der Waals surface area (Å²) < 4.78 is 5.72. The van der Waals surface area contributed by atoms with Crippen LogP contribution in [-0.2, 0) is 4.74 Å². The predicted octanol–water partition coefficient (Wildman–Crippen LogP) is 3.28. The van der Waals surface area contributed by atoms with Gasteiger partial charge >= 0.3 is 0 Å². The molecule has 1 unspecified atom stereocenters. The smallest absolute Gasteiger partial charge is 0.115 e. The summed E-state index contributed by atoms with van der Waals surface area (Å²) >= 11 is 0. The molecule has 0 aromatic carbocycles. The highest BCUT2D eigenvalue weighted by molar-refractivity contribution is 5.17. The molecule has 0 spiro atoms. The molecule has 1 heteroatoms. The third-order valence-corrected chi connectivity index (χ3v) is 2.45. The highest BCUT2D eigenvalue weighted by atomic mass is 16.5. The fraction of sp³-hybridized carbons (Fsp3) is 0.538. The van der Waals surface area contributed by atoms with E-state index in [1.807, 2.05) is 6.08 Å². The Morgan fingerprint density at radius 1 is 1.64 bits per heavy atom. The van der Waals surface area contributed by atoms with Crippen LogP contribution in [0.15, 0.2) is 24.0 Å². The monoisotopic (exact) mass is 190 g/mol. The zero-order valence-electron chi connectivity index (χ0n) is 8.99. The topological polar surface area (TPSA) is 9.23 Å². The van der Waals surface area contributed by atoms with Gasteiger partial charge in [0.2, 0.25) is 0 Å². The fourth-order valence-corrected chi connectivity index (χ4v) is 1.31. The zero-order valence-corrected chi connectivity index (χ0v) is 8.99. The molecule has 0 N–H and O–H groups in total. The van der Waals surface area contributed by atoms with Crippen molar-refractivity contribution in [2.24, 2.45) is 5.92 Å². The number of ether oxygens (including phenoxy) is 1. The molecule has 0 saturated heterocycles. The Labute approximate surface area is 86.8 Å². The van der Waals surface area contributed by atoms with Crippen molar-refractivity contribution in [2.75, 3.05) is 0 Å². The Hall–Kier alpha value is -1.16. The molecule has 0 saturated carbocycles. The summed E-state index contributed by atoms with van der Waals surface area (Å²) in [7, 11) is 0. The van der Waals surface area contributed by atoms with Gasteiger partial charge in [-0.25, -0.2) is 0 Å². The second kappa shape index (κ2) is 5.54. The van der Waals surface area contributed by atoms with Crippen LogP contribution in [0.5, 0.6) is 0 Å². The number of hydrogen-bond acceptors (Lipinski definition) is 1. The van der Waals surface area contributed by atoms with Crippen LogP contribution < -0.4 is 0 Å². The maximum atomic E-state index is 5.72. The first-order valence-electron chi connectivity index (χ1n) is 5.25. The maximum Gasteiger partial charge on any atom is 0.115 e. The van der Waals surface area contributed by atoms with Gasteiger partial charge in [-0.1, -0.05) is 13.0 Å². The van der Waals surface area contributed by atoms with Gasteiger partial charge in [-0.3, -0.25) is 0 Å². The van der Waals surface area contributed by atoms with Gasteiger partial charge in [-0.15, -0.1) is 12.3 Å². The van der Waals surface area contributed by atoms with Crippen LogP contribution in [0.25, 0.3) is 0 Å². The van der Waals surface area contributed by atoms with E-state index in [-0.39, 0.29) is 6.10 Å². The summed E-state index contributed by atoms with van der Waals surface area (Å²) in [5, 5.41) is 0. The first-order valence-corrected chi connectivity index (χ1v) is 5.25. The van der Waals surface area contributed by atoms with Gasteiger partial charge in [0, 0.05) is 5.92 Å². The standard InChI is InChI=1S/C13H18O/c1-4-11(3)14-13-8-6-7-12(5-2)9-10-13/h2,6,8,10-12H,4,7,9H2,1,3H3/t11?,12-/m0/s1. The number of terminal acetylenes is 1. The molecule has 0 aromatic rings. The maximum absolute atomic E-state index is 5.72.